The first-order chi connectivity index (χ1) is 17.8. The van der Waals surface area contributed by atoms with Gasteiger partial charge in [0.1, 0.15) is 22.7 Å². The Kier molecular flexibility index (Phi) is 8.04. The average molecular weight is 512 g/mol. The van der Waals surface area contributed by atoms with Gasteiger partial charge in [0.05, 0.1) is 27.1 Å². The minimum Gasteiger partial charge on any atom is -0.497 e. The summed E-state index contributed by atoms with van der Waals surface area (Å²) in [4.78, 5) is 46.0. The Morgan fingerprint density at radius 3 is 2.62 bits per heavy atom. The van der Waals surface area contributed by atoms with Crippen molar-refractivity contribution in [1.29, 1.82) is 0 Å². The molecule has 0 spiro atoms. The van der Waals surface area contributed by atoms with Crippen LogP contribution in [0.15, 0.2) is 24.5 Å². The quantitative estimate of drug-likeness (QED) is 0.507. The highest BCUT2D eigenvalue weighted by Crippen LogP contribution is 2.30. The number of amides is 3. The van der Waals surface area contributed by atoms with Crippen molar-refractivity contribution in [2.75, 3.05) is 27.3 Å². The van der Waals surface area contributed by atoms with Crippen molar-refractivity contribution in [3.8, 4) is 11.5 Å². The van der Waals surface area contributed by atoms with Crippen LogP contribution in [0, 0.1) is 0 Å². The third kappa shape index (κ3) is 5.28. The maximum Gasteiger partial charge on any atom is 0.273 e. The van der Waals surface area contributed by atoms with Gasteiger partial charge in [-0.25, -0.2) is 4.98 Å². The molecule has 200 valence electrons. The van der Waals surface area contributed by atoms with Crippen LogP contribution in [0.5, 0.6) is 11.5 Å². The lowest BCUT2D eigenvalue weighted by atomic mass is 9.93. The molecule has 0 radical (unpaired) electrons. The van der Waals surface area contributed by atoms with E-state index in [1.165, 1.54) is 6.33 Å². The molecule has 0 saturated heterocycles. The molecule has 1 aliphatic carbocycles. The maximum absolute atomic E-state index is 13.7. The Morgan fingerprint density at radius 2 is 1.95 bits per heavy atom. The summed E-state index contributed by atoms with van der Waals surface area (Å²) in [6.07, 6.45) is 6.85. The summed E-state index contributed by atoms with van der Waals surface area (Å²) in [6.45, 7) is 4.76. The molecule has 3 amide bonds. The molecule has 1 aromatic heterocycles. The van der Waals surface area contributed by atoms with Crippen molar-refractivity contribution in [1.82, 2.24) is 25.1 Å². The molecule has 10 heteroatoms. The first-order valence-corrected chi connectivity index (χ1v) is 13.0. The van der Waals surface area contributed by atoms with Crippen LogP contribution in [-0.2, 0) is 17.8 Å². The van der Waals surface area contributed by atoms with E-state index in [0.717, 1.165) is 31.2 Å². The summed E-state index contributed by atoms with van der Waals surface area (Å²) in [5, 5.41) is 6.03. The Balaban J connectivity index is 1.49. The number of imidazole rings is 1. The van der Waals surface area contributed by atoms with Gasteiger partial charge in [0, 0.05) is 25.2 Å². The Hall–Kier alpha value is -3.56. The molecule has 2 aromatic rings. The van der Waals surface area contributed by atoms with Gasteiger partial charge in [-0.3, -0.25) is 14.4 Å². The third-order valence-electron chi connectivity index (χ3n) is 7.38. The molecular weight excluding hydrogens is 474 g/mol. The number of carbonyl (C=O) groups is 3. The summed E-state index contributed by atoms with van der Waals surface area (Å²) in [5.74, 6) is 0.434. The Bertz CT molecular complexity index is 1160. The van der Waals surface area contributed by atoms with Gasteiger partial charge in [-0.2, -0.15) is 0 Å². The summed E-state index contributed by atoms with van der Waals surface area (Å²) in [7, 11) is 3.18. The van der Waals surface area contributed by atoms with E-state index < -0.39 is 11.4 Å². The molecule has 1 atom stereocenters. The molecule has 10 nitrogen and oxygen atoms in total. The smallest absolute Gasteiger partial charge is 0.273 e. The highest BCUT2D eigenvalue weighted by molar-refractivity contribution is 6.07. The topological polar surface area (TPSA) is 115 Å². The van der Waals surface area contributed by atoms with Crippen LogP contribution < -0.4 is 20.1 Å². The van der Waals surface area contributed by atoms with Crippen molar-refractivity contribution in [2.45, 2.75) is 70.5 Å². The highest BCUT2D eigenvalue weighted by atomic mass is 16.5. The normalized spacial score (nSPS) is 19.5. The molecule has 0 unspecified atom stereocenters. The van der Waals surface area contributed by atoms with Crippen LogP contribution in [0.4, 0.5) is 0 Å². The van der Waals surface area contributed by atoms with Crippen molar-refractivity contribution in [2.24, 2.45) is 0 Å². The van der Waals surface area contributed by atoms with Gasteiger partial charge in [-0.05, 0) is 44.2 Å². The lowest BCUT2D eigenvalue weighted by molar-refractivity contribution is -0.133. The van der Waals surface area contributed by atoms with Gasteiger partial charge < -0.3 is 29.6 Å². The number of nitrogens with one attached hydrogen (secondary N) is 2. The maximum atomic E-state index is 13.7. The van der Waals surface area contributed by atoms with E-state index in [9.17, 15) is 14.4 Å². The molecular formula is C27H37N5O5. The van der Waals surface area contributed by atoms with Crippen LogP contribution in [0.2, 0.25) is 0 Å². The molecule has 1 aliphatic heterocycles. The highest BCUT2D eigenvalue weighted by Gasteiger charge is 2.48. The van der Waals surface area contributed by atoms with E-state index >= 15 is 0 Å². The zero-order valence-corrected chi connectivity index (χ0v) is 22.1. The van der Waals surface area contributed by atoms with Crippen LogP contribution >= 0.6 is 0 Å². The van der Waals surface area contributed by atoms with E-state index in [1.54, 1.807) is 36.7 Å². The van der Waals surface area contributed by atoms with Gasteiger partial charge in [0.25, 0.3) is 11.8 Å². The molecule has 37 heavy (non-hydrogen) atoms. The second-order valence-corrected chi connectivity index (χ2v) is 9.94. The zero-order valence-electron chi connectivity index (χ0n) is 22.1. The number of nitrogens with zero attached hydrogens (tertiary/aromatic N) is 3. The number of rotatable bonds is 10. The minimum atomic E-state index is -1.05. The predicted molar refractivity (Wildman–Crippen MR) is 138 cm³/mol. The monoisotopic (exact) mass is 511 g/mol. The van der Waals surface area contributed by atoms with Crippen molar-refractivity contribution in [3.63, 3.8) is 0 Å². The lowest BCUT2D eigenvalue weighted by Gasteiger charge is -2.44. The van der Waals surface area contributed by atoms with Crippen LogP contribution in [-0.4, -0.2) is 71.1 Å². The fourth-order valence-electron chi connectivity index (χ4n) is 5.29. The van der Waals surface area contributed by atoms with E-state index in [2.05, 4.69) is 15.6 Å². The number of hydrogen-bond acceptors (Lipinski definition) is 6. The fraction of sp³-hybridized carbons (Fsp3) is 0.556. The minimum absolute atomic E-state index is 0.0750. The first-order valence-electron chi connectivity index (χ1n) is 13.0. The number of fused-ring (bicyclic) bond motifs is 1. The van der Waals surface area contributed by atoms with Gasteiger partial charge in [-0.1, -0.05) is 25.8 Å². The Morgan fingerprint density at radius 1 is 1.19 bits per heavy atom. The lowest BCUT2D eigenvalue weighted by Crippen LogP contribution is -2.65. The number of aromatic nitrogens is 2. The number of carbonyl (C=O) groups excluding carboxylic acids is 3. The average Bonchev–Trinajstić information content (AvgIpc) is 3.56. The molecule has 1 fully saturated rings. The number of methoxy groups -OCH3 is 2. The number of benzene rings is 1. The largest absolute Gasteiger partial charge is 0.497 e. The molecule has 2 heterocycles. The standard InChI is InChI=1S/C27H37N5O5/c1-5-14-32-25(34)23-22(24(33)28-13-12-18-10-11-20(36-3)15-21(18)37-4)29-17-31(23)16-27(32,2)26(35)30-19-8-6-7-9-19/h10-11,15,17,19H,5-9,12-14,16H2,1-4H3,(H,28,33)(H,30,35)/t27-/m1/s1. The predicted octanol–water partition coefficient (Wildman–Crippen LogP) is 2.56. The number of hydrogen-bond donors (Lipinski definition) is 2. The molecule has 2 aliphatic rings. The van der Waals surface area contributed by atoms with Crippen LogP contribution in [0.25, 0.3) is 0 Å². The summed E-state index contributed by atoms with van der Waals surface area (Å²) < 4.78 is 12.3. The second-order valence-electron chi connectivity index (χ2n) is 9.94. The summed E-state index contributed by atoms with van der Waals surface area (Å²) in [6, 6.07) is 5.68. The van der Waals surface area contributed by atoms with Crippen molar-refractivity contribution in [3.05, 3.63) is 41.5 Å². The van der Waals surface area contributed by atoms with Gasteiger partial charge in [-0.15, -0.1) is 0 Å². The third-order valence-corrected chi connectivity index (χ3v) is 7.38. The molecule has 1 aromatic carbocycles. The first kappa shape index (κ1) is 26.5. The zero-order chi connectivity index (χ0) is 26.6. The van der Waals surface area contributed by atoms with Crippen molar-refractivity contribution >= 4 is 17.7 Å². The second kappa shape index (κ2) is 11.2. The van der Waals surface area contributed by atoms with Crippen LogP contribution in [0.1, 0.15) is 72.5 Å². The van der Waals surface area contributed by atoms with E-state index in [-0.39, 0.29) is 35.8 Å². The van der Waals surface area contributed by atoms with Crippen molar-refractivity contribution < 1.29 is 23.9 Å². The Labute approximate surface area is 217 Å². The SMILES string of the molecule is CCCN1C(=O)c2c(C(=O)NCCc3ccc(OC)cc3OC)ncn2C[C@]1(C)C(=O)NC1CCCC1. The van der Waals surface area contributed by atoms with E-state index in [1.807, 2.05) is 19.1 Å². The molecule has 1 saturated carbocycles. The van der Waals surface area contributed by atoms with Gasteiger partial charge in [0.2, 0.25) is 5.91 Å². The number of ether oxygens (including phenoxy) is 2. The molecule has 4 rings (SSSR count). The summed E-state index contributed by atoms with van der Waals surface area (Å²) in [5.41, 5.74) is 0.164. The van der Waals surface area contributed by atoms with E-state index in [0.29, 0.717) is 37.4 Å². The fourth-order valence-corrected chi connectivity index (χ4v) is 5.29. The van der Waals surface area contributed by atoms with Gasteiger partial charge in [0.15, 0.2) is 5.69 Å². The molecule has 2 N–H and O–H groups in total. The molecule has 0 bridgehead atoms. The van der Waals surface area contributed by atoms with Crippen LogP contribution in [0.3, 0.4) is 0 Å². The van der Waals surface area contributed by atoms with Gasteiger partial charge >= 0.3 is 0 Å². The summed E-state index contributed by atoms with van der Waals surface area (Å²) >= 11 is 0. The van der Waals surface area contributed by atoms with E-state index in [4.69, 9.17) is 9.47 Å².